The van der Waals surface area contributed by atoms with Crippen LogP contribution in [-0.4, -0.2) is 38.0 Å². The van der Waals surface area contributed by atoms with Crippen LogP contribution < -0.4 is 0 Å². The summed E-state index contributed by atoms with van der Waals surface area (Å²) >= 11 is 1.75. The van der Waals surface area contributed by atoms with Gasteiger partial charge in [0.25, 0.3) is 5.91 Å². The van der Waals surface area contributed by atoms with E-state index < -0.39 is 0 Å². The molecule has 1 amide bonds. The van der Waals surface area contributed by atoms with E-state index in [1.807, 2.05) is 20.0 Å². The molecule has 124 valence electrons. The Bertz CT molecular complexity index is 889. The van der Waals surface area contributed by atoms with Crippen LogP contribution >= 0.6 is 11.3 Å². The molecule has 7 heteroatoms. The molecule has 3 aromatic heterocycles. The number of aromatic nitrogens is 4. The summed E-state index contributed by atoms with van der Waals surface area (Å²) in [5, 5.41) is 8.90. The highest BCUT2D eigenvalue weighted by Gasteiger charge is 2.19. The van der Waals surface area contributed by atoms with Crippen molar-refractivity contribution in [3.05, 3.63) is 39.1 Å². The van der Waals surface area contributed by atoms with Gasteiger partial charge in [-0.1, -0.05) is 0 Å². The second-order valence-corrected chi connectivity index (χ2v) is 7.46. The fraction of sp³-hybridized carbons (Fsp3) is 0.412. The SMILES string of the molecule is Cc1[nH]nc2ncc(C(=O)N(C)Cc3nc4c(s3)CCCC4)cc12. The van der Waals surface area contributed by atoms with Crippen molar-refractivity contribution >= 4 is 28.3 Å². The van der Waals surface area contributed by atoms with E-state index in [0.717, 1.165) is 28.9 Å². The van der Waals surface area contributed by atoms with E-state index in [1.54, 1.807) is 22.4 Å². The first-order valence-corrected chi connectivity index (χ1v) is 8.97. The van der Waals surface area contributed by atoms with Crippen molar-refractivity contribution in [3.8, 4) is 0 Å². The first-order valence-electron chi connectivity index (χ1n) is 8.15. The summed E-state index contributed by atoms with van der Waals surface area (Å²) in [6.45, 7) is 2.47. The van der Waals surface area contributed by atoms with Gasteiger partial charge in [0.05, 0.1) is 17.8 Å². The number of rotatable bonds is 3. The highest BCUT2D eigenvalue weighted by molar-refractivity contribution is 7.11. The molecule has 0 bridgehead atoms. The van der Waals surface area contributed by atoms with Crippen LogP contribution in [0.5, 0.6) is 0 Å². The highest BCUT2D eigenvalue weighted by Crippen LogP contribution is 2.27. The zero-order valence-corrected chi connectivity index (χ0v) is 14.6. The summed E-state index contributed by atoms with van der Waals surface area (Å²) in [7, 11) is 1.81. The molecule has 1 N–H and O–H groups in total. The number of hydrogen-bond donors (Lipinski definition) is 1. The molecule has 24 heavy (non-hydrogen) atoms. The summed E-state index contributed by atoms with van der Waals surface area (Å²) in [5.41, 5.74) is 3.37. The van der Waals surface area contributed by atoms with Gasteiger partial charge in [0, 0.05) is 29.2 Å². The molecule has 0 atom stereocenters. The van der Waals surface area contributed by atoms with Crippen LogP contribution in [0.2, 0.25) is 0 Å². The fourth-order valence-corrected chi connectivity index (χ4v) is 4.32. The summed E-state index contributed by atoms with van der Waals surface area (Å²) in [6, 6.07) is 1.85. The van der Waals surface area contributed by atoms with E-state index in [9.17, 15) is 4.79 Å². The van der Waals surface area contributed by atoms with Crippen molar-refractivity contribution in [2.75, 3.05) is 7.05 Å². The minimum atomic E-state index is -0.0434. The summed E-state index contributed by atoms with van der Waals surface area (Å²) in [5.74, 6) is -0.0434. The minimum Gasteiger partial charge on any atom is -0.335 e. The lowest BCUT2D eigenvalue weighted by Crippen LogP contribution is -2.26. The Morgan fingerprint density at radius 2 is 2.21 bits per heavy atom. The van der Waals surface area contributed by atoms with Gasteiger partial charge in [-0.3, -0.25) is 9.89 Å². The van der Waals surface area contributed by atoms with Gasteiger partial charge in [-0.2, -0.15) is 5.10 Å². The number of nitrogens with zero attached hydrogens (tertiary/aromatic N) is 4. The lowest BCUT2D eigenvalue weighted by Gasteiger charge is -2.15. The molecular formula is C17H19N5OS. The van der Waals surface area contributed by atoms with Crippen molar-refractivity contribution in [3.63, 3.8) is 0 Å². The third-order valence-electron chi connectivity index (χ3n) is 4.46. The Balaban J connectivity index is 1.54. The van der Waals surface area contributed by atoms with E-state index in [0.29, 0.717) is 17.8 Å². The van der Waals surface area contributed by atoms with E-state index in [1.165, 1.54) is 23.4 Å². The zero-order valence-electron chi connectivity index (χ0n) is 13.8. The number of pyridine rings is 1. The molecule has 3 aromatic rings. The zero-order chi connectivity index (χ0) is 16.7. The van der Waals surface area contributed by atoms with Crippen LogP contribution in [0.4, 0.5) is 0 Å². The fourth-order valence-electron chi connectivity index (χ4n) is 3.10. The molecule has 0 unspecified atom stereocenters. The maximum absolute atomic E-state index is 12.7. The third-order valence-corrected chi connectivity index (χ3v) is 5.60. The van der Waals surface area contributed by atoms with E-state index in [-0.39, 0.29) is 5.91 Å². The molecule has 4 rings (SSSR count). The Morgan fingerprint density at radius 1 is 1.38 bits per heavy atom. The normalized spacial score (nSPS) is 13.9. The Morgan fingerprint density at radius 3 is 3.04 bits per heavy atom. The molecule has 0 saturated heterocycles. The number of hydrogen-bond acceptors (Lipinski definition) is 5. The third kappa shape index (κ3) is 2.69. The van der Waals surface area contributed by atoms with Crippen molar-refractivity contribution < 1.29 is 4.79 Å². The first-order chi connectivity index (χ1) is 11.6. The van der Waals surface area contributed by atoms with Gasteiger partial charge >= 0.3 is 0 Å². The molecule has 0 aromatic carbocycles. The van der Waals surface area contributed by atoms with Gasteiger partial charge in [-0.25, -0.2) is 9.97 Å². The highest BCUT2D eigenvalue weighted by atomic mass is 32.1. The van der Waals surface area contributed by atoms with Crippen molar-refractivity contribution in [2.24, 2.45) is 0 Å². The van der Waals surface area contributed by atoms with Crippen LogP contribution in [0, 0.1) is 6.92 Å². The quantitative estimate of drug-likeness (QED) is 0.795. The maximum atomic E-state index is 12.7. The largest absolute Gasteiger partial charge is 0.335 e. The number of thiazole rings is 1. The van der Waals surface area contributed by atoms with Gasteiger partial charge in [-0.05, 0) is 38.7 Å². The van der Waals surface area contributed by atoms with Crippen molar-refractivity contribution in [1.82, 2.24) is 25.1 Å². The minimum absolute atomic E-state index is 0.0434. The summed E-state index contributed by atoms with van der Waals surface area (Å²) in [4.78, 5) is 24.8. The van der Waals surface area contributed by atoms with Crippen LogP contribution in [0.1, 0.15) is 44.5 Å². The van der Waals surface area contributed by atoms with Crippen LogP contribution in [0.25, 0.3) is 11.0 Å². The van der Waals surface area contributed by atoms with Gasteiger partial charge in [-0.15, -0.1) is 11.3 Å². The molecule has 0 saturated carbocycles. The second kappa shape index (κ2) is 5.98. The average Bonchev–Trinajstić information content (AvgIpc) is 3.17. The average molecular weight is 341 g/mol. The van der Waals surface area contributed by atoms with Crippen LogP contribution in [-0.2, 0) is 19.4 Å². The molecule has 1 aliphatic carbocycles. The summed E-state index contributed by atoms with van der Waals surface area (Å²) < 4.78 is 0. The smallest absolute Gasteiger partial charge is 0.255 e. The number of fused-ring (bicyclic) bond motifs is 2. The molecule has 0 radical (unpaired) electrons. The number of aromatic amines is 1. The number of carbonyl (C=O) groups is 1. The molecule has 3 heterocycles. The topological polar surface area (TPSA) is 74.8 Å². The predicted octanol–water partition coefficient (Wildman–Crippen LogP) is 2.87. The molecule has 6 nitrogen and oxygen atoms in total. The maximum Gasteiger partial charge on any atom is 0.255 e. The van der Waals surface area contributed by atoms with Gasteiger partial charge < -0.3 is 4.90 Å². The van der Waals surface area contributed by atoms with Gasteiger partial charge in [0.1, 0.15) is 5.01 Å². The first kappa shape index (κ1) is 15.3. The standard InChI is InChI=1S/C17H19N5OS/c1-10-12-7-11(8-18-16(12)21-20-10)17(23)22(2)9-15-19-13-5-3-4-6-14(13)24-15/h7-8H,3-6,9H2,1-2H3,(H,18,20,21). The molecule has 0 aliphatic heterocycles. The molecule has 0 fully saturated rings. The van der Waals surface area contributed by atoms with Crippen molar-refractivity contribution in [1.29, 1.82) is 0 Å². The van der Waals surface area contributed by atoms with Gasteiger partial charge in [0.15, 0.2) is 5.65 Å². The lowest BCUT2D eigenvalue weighted by molar-refractivity contribution is 0.0784. The monoisotopic (exact) mass is 341 g/mol. The number of amides is 1. The second-order valence-electron chi connectivity index (χ2n) is 6.29. The Hall–Kier alpha value is -2.28. The Kier molecular flexibility index (Phi) is 3.80. The number of nitrogens with one attached hydrogen (secondary N) is 1. The number of H-pyrrole nitrogens is 1. The molecular weight excluding hydrogens is 322 g/mol. The number of aryl methyl sites for hydroxylation is 3. The van der Waals surface area contributed by atoms with E-state index >= 15 is 0 Å². The van der Waals surface area contributed by atoms with Crippen LogP contribution in [0.15, 0.2) is 12.3 Å². The Labute approximate surface area is 143 Å². The predicted molar refractivity (Wildman–Crippen MR) is 93.2 cm³/mol. The lowest BCUT2D eigenvalue weighted by atomic mass is 10.0. The van der Waals surface area contributed by atoms with E-state index in [4.69, 9.17) is 4.98 Å². The molecule has 1 aliphatic rings. The number of carbonyl (C=O) groups excluding carboxylic acids is 1. The molecule has 0 spiro atoms. The van der Waals surface area contributed by atoms with Gasteiger partial charge in [0.2, 0.25) is 0 Å². The van der Waals surface area contributed by atoms with E-state index in [2.05, 4.69) is 15.2 Å². The summed E-state index contributed by atoms with van der Waals surface area (Å²) in [6.07, 6.45) is 6.27. The van der Waals surface area contributed by atoms with Crippen molar-refractivity contribution in [2.45, 2.75) is 39.2 Å². The van der Waals surface area contributed by atoms with Crippen LogP contribution in [0.3, 0.4) is 0 Å².